The summed E-state index contributed by atoms with van der Waals surface area (Å²) in [5, 5.41) is 20.9. The molecule has 0 heterocycles. The van der Waals surface area contributed by atoms with Gasteiger partial charge in [-0.05, 0) is 24.5 Å². The van der Waals surface area contributed by atoms with Crippen molar-refractivity contribution in [3.63, 3.8) is 0 Å². The van der Waals surface area contributed by atoms with E-state index in [9.17, 15) is 14.7 Å². The maximum atomic E-state index is 12.0. The summed E-state index contributed by atoms with van der Waals surface area (Å²) in [5.74, 6) is -0.863. The number of benzene rings is 1. The molecular weight excluding hydrogens is 260 g/mol. The molecule has 2 amide bonds. The van der Waals surface area contributed by atoms with Crippen LogP contribution < -0.4 is 10.2 Å². The van der Waals surface area contributed by atoms with Crippen molar-refractivity contribution in [3.05, 3.63) is 24.3 Å². The van der Waals surface area contributed by atoms with Crippen molar-refractivity contribution >= 4 is 17.7 Å². The third kappa shape index (κ3) is 4.46. The molecule has 0 aromatic heterocycles. The standard InChI is InChI=1S/C14H20N2O4/c1-9(2)7-12(13(18)19)15-14(20)16(3)10-5-4-6-11(17)8-10/h4-6,8-9,12,17H,7H2,1-3H3,(H,15,20)(H,18,19). The second kappa shape index (κ2) is 6.79. The number of phenolic OH excluding ortho intramolecular Hbond substituents is 1. The summed E-state index contributed by atoms with van der Waals surface area (Å²) in [5.41, 5.74) is 0.483. The van der Waals surface area contributed by atoms with Crippen LogP contribution in [0.15, 0.2) is 24.3 Å². The molecule has 0 aliphatic heterocycles. The largest absolute Gasteiger partial charge is 0.508 e. The van der Waals surface area contributed by atoms with E-state index in [-0.39, 0.29) is 11.7 Å². The number of nitrogens with one attached hydrogen (secondary N) is 1. The number of aromatic hydroxyl groups is 1. The first-order valence-corrected chi connectivity index (χ1v) is 6.37. The third-order valence-corrected chi connectivity index (χ3v) is 2.82. The van der Waals surface area contributed by atoms with Crippen LogP contribution in [0.25, 0.3) is 0 Å². The predicted octanol–water partition coefficient (Wildman–Crippen LogP) is 2.04. The van der Waals surface area contributed by atoms with Gasteiger partial charge in [-0.15, -0.1) is 0 Å². The van der Waals surface area contributed by atoms with E-state index in [0.717, 1.165) is 0 Å². The summed E-state index contributed by atoms with van der Waals surface area (Å²) in [6, 6.07) is 4.73. The number of aliphatic carboxylic acids is 1. The number of carboxylic acids is 1. The maximum Gasteiger partial charge on any atom is 0.326 e. The minimum atomic E-state index is -1.06. The molecule has 0 saturated carbocycles. The highest BCUT2D eigenvalue weighted by Gasteiger charge is 2.23. The van der Waals surface area contributed by atoms with Gasteiger partial charge in [0.2, 0.25) is 0 Å². The Hall–Kier alpha value is -2.24. The highest BCUT2D eigenvalue weighted by atomic mass is 16.4. The molecule has 1 aromatic carbocycles. The number of hydrogen-bond acceptors (Lipinski definition) is 3. The number of hydrogen-bond donors (Lipinski definition) is 3. The Morgan fingerprint density at radius 1 is 1.35 bits per heavy atom. The molecule has 0 radical (unpaired) electrons. The second-order valence-corrected chi connectivity index (χ2v) is 5.05. The number of carbonyl (C=O) groups is 2. The molecule has 0 bridgehead atoms. The van der Waals surface area contributed by atoms with Crippen LogP contribution >= 0.6 is 0 Å². The molecule has 6 nitrogen and oxygen atoms in total. The molecular formula is C14H20N2O4. The molecule has 0 fully saturated rings. The molecule has 1 rings (SSSR count). The number of carbonyl (C=O) groups excluding carboxylic acids is 1. The summed E-state index contributed by atoms with van der Waals surface area (Å²) in [7, 11) is 1.51. The summed E-state index contributed by atoms with van der Waals surface area (Å²) in [4.78, 5) is 24.4. The van der Waals surface area contributed by atoms with Crippen molar-refractivity contribution in [2.45, 2.75) is 26.3 Å². The summed E-state index contributed by atoms with van der Waals surface area (Å²) >= 11 is 0. The van der Waals surface area contributed by atoms with Gasteiger partial charge in [-0.2, -0.15) is 0 Å². The Labute approximate surface area is 118 Å². The number of amides is 2. The zero-order chi connectivity index (χ0) is 15.3. The van der Waals surface area contributed by atoms with Gasteiger partial charge >= 0.3 is 12.0 Å². The molecule has 1 aromatic rings. The minimum absolute atomic E-state index is 0.0408. The van der Waals surface area contributed by atoms with Crippen LogP contribution in [-0.4, -0.2) is 35.3 Å². The van der Waals surface area contributed by atoms with Crippen molar-refractivity contribution in [1.29, 1.82) is 0 Å². The number of carboxylic acid groups (broad SMARTS) is 1. The van der Waals surface area contributed by atoms with E-state index in [0.29, 0.717) is 12.1 Å². The van der Waals surface area contributed by atoms with Crippen LogP contribution in [0.2, 0.25) is 0 Å². The van der Waals surface area contributed by atoms with Gasteiger partial charge in [0.15, 0.2) is 0 Å². The molecule has 0 aliphatic carbocycles. The van der Waals surface area contributed by atoms with Gasteiger partial charge in [0.1, 0.15) is 11.8 Å². The van der Waals surface area contributed by atoms with Crippen molar-refractivity contribution < 1.29 is 19.8 Å². The summed E-state index contributed by atoms with van der Waals surface area (Å²) in [6.07, 6.45) is 0.356. The fourth-order valence-electron chi connectivity index (χ4n) is 1.76. The fraction of sp³-hybridized carbons (Fsp3) is 0.429. The molecule has 110 valence electrons. The first-order valence-electron chi connectivity index (χ1n) is 6.37. The van der Waals surface area contributed by atoms with Gasteiger partial charge in [0.25, 0.3) is 0 Å². The van der Waals surface area contributed by atoms with E-state index in [2.05, 4.69) is 5.32 Å². The Morgan fingerprint density at radius 2 is 2.00 bits per heavy atom. The van der Waals surface area contributed by atoms with Crippen LogP contribution in [0.3, 0.4) is 0 Å². The van der Waals surface area contributed by atoms with Crippen LogP contribution in [-0.2, 0) is 4.79 Å². The van der Waals surface area contributed by atoms with Crippen molar-refractivity contribution in [2.24, 2.45) is 5.92 Å². The fourth-order valence-corrected chi connectivity index (χ4v) is 1.76. The Morgan fingerprint density at radius 3 is 2.50 bits per heavy atom. The summed E-state index contributed by atoms with van der Waals surface area (Å²) < 4.78 is 0. The molecule has 20 heavy (non-hydrogen) atoms. The van der Waals surface area contributed by atoms with Crippen molar-refractivity contribution in [1.82, 2.24) is 5.32 Å². The SMILES string of the molecule is CC(C)CC(NC(=O)N(C)c1cccc(O)c1)C(=O)O. The molecule has 6 heteroatoms. The quantitative estimate of drug-likeness (QED) is 0.770. The lowest BCUT2D eigenvalue weighted by Crippen LogP contribution is -2.47. The number of phenols is 1. The topological polar surface area (TPSA) is 89.9 Å². The van der Waals surface area contributed by atoms with Gasteiger partial charge in [0.05, 0.1) is 0 Å². The first kappa shape index (κ1) is 15.8. The van der Waals surface area contributed by atoms with Gasteiger partial charge < -0.3 is 15.5 Å². The monoisotopic (exact) mass is 280 g/mol. The average molecular weight is 280 g/mol. The van der Waals surface area contributed by atoms with Gasteiger partial charge in [-0.25, -0.2) is 9.59 Å². The van der Waals surface area contributed by atoms with Crippen LogP contribution in [0.4, 0.5) is 10.5 Å². The molecule has 1 atom stereocenters. The Kier molecular flexibility index (Phi) is 5.37. The third-order valence-electron chi connectivity index (χ3n) is 2.82. The number of anilines is 1. The zero-order valence-electron chi connectivity index (χ0n) is 11.8. The highest BCUT2D eigenvalue weighted by Crippen LogP contribution is 2.19. The highest BCUT2D eigenvalue weighted by molar-refractivity contribution is 5.94. The van der Waals surface area contributed by atoms with Crippen LogP contribution in [0.1, 0.15) is 20.3 Å². The van der Waals surface area contributed by atoms with Gasteiger partial charge in [0, 0.05) is 18.8 Å². The van der Waals surface area contributed by atoms with Gasteiger partial charge in [-0.1, -0.05) is 19.9 Å². The number of rotatable bonds is 5. The maximum absolute atomic E-state index is 12.0. The van der Waals surface area contributed by atoms with Gasteiger partial charge in [-0.3, -0.25) is 4.90 Å². The smallest absolute Gasteiger partial charge is 0.326 e. The molecule has 0 saturated heterocycles. The summed E-state index contributed by atoms with van der Waals surface area (Å²) in [6.45, 7) is 3.78. The number of nitrogens with zero attached hydrogens (tertiary/aromatic N) is 1. The Bertz CT molecular complexity index is 488. The molecule has 3 N–H and O–H groups in total. The molecule has 1 unspecified atom stereocenters. The lowest BCUT2D eigenvalue weighted by atomic mass is 10.0. The van der Waals surface area contributed by atoms with E-state index in [1.165, 1.54) is 24.1 Å². The van der Waals surface area contributed by atoms with E-state index in [1.54, 1.807) is 12.1 Å². The van der Waals surface area contributed by atoms with Crippen LogP contribution in [0.5, 0.6) is 5.75 Å². The number of urea groups is 1. The second-order valence-electron chi connectivity index (χ2n) is 5.05. The van der Waals surface area contributed by atoms with Crippen molar-refractivity contribution in [3.8, 4) is 5.75 Å². The van der Waals surface area contributed by atoms with E-state index >= 15 is 0 Å². The zero-order valence-corrected chi connectivity index (χ0v) is 11.8. The molecule has 0 spiro atoms. The minimum Gasteiger partial charge on any atom is -0.508 e. The van der Waals surface area contributed by atoms with E-state index in [1.807, 2.05) is 13.8 Å². The normalized spacial score (nSPS) is 12.0. The average Bonchev–Trinajstić information content (AvgIpc) is 2.36. The van der Waals surface area contributed by atoms with E-state index in [4.69, 9.17) is 5.11 Å². The molecule has 0 aliphatic rings. The predicted molar refractivity (Wildman–Crippen MR) is 75.9 cm³/mol. The first-order chi connectivity index (χ1) is 9.31. The van der Waals surface area contributed by atoms with E-state index < -0.39 is 18.0 Å². The van der Waals surface area contributed by atoms with Crippen LogP contribution in [0, 0.1) is 5.92 Å². The lowest BCUT2D eigenvalue weighted by Gasteiger charge is -2.22. The Balaban J connectivity index is 2.76. The van der Waals surface area contributed by atoms with Crippen molar-refractivity contribution in [2.75, 3.05) is 11.9 Å². The lowest BCUT2D eigenvalue weighted by molar-refractivity contribution is -0.139.